The van der Waals surface area contributed by atoms with Gasteiger partial charge in [0.25, 0.3) is 0 Å². The number of carbonyl (C=O) groups is 2. The molecule has 0 heterocycles. The van der Waals surface area contributed by atoms with Crippen molar-refractivity contribution >= 4 is 17.5 Å². The molecule has 0 atom stereocenters. The van der Waals surface area contributed by atoms with Crippen molar-refractivity contribution in [1.82, 2.24) is 4.90 Å². The van der Waals surface area contributed by atoms with Crippen LogP contribution in [0.25, 0.3) is 0 Å². The van der Waals surface area contributed by atoms with Crippen molar-refractivity contribution in [1.29, 1.82) is 0 Å². The quantitative estimate of drug-likeness (QED) is 0.781. The Morgan fingerprint density at radius 2 is 1.77 bits per heavy atom. The molecule has 2 amide bonds. The summed E-state index contributed by atoms with van der Waals surface area (Å²) in [6.07, 6.45) is 2.58. The van der Waals surface area contributed by atoms with Crippen molar-refractivity contribution in [2.24, 2.45) is 0 Å². The first-order chi connectivity index (χ1) is 12.5. The Balaban J connectivity index is 1.92. The SMILES string of the molecule is CCc1cccc(C)c1NC(=O)CN(CCCc1ccccc1)C(C)=O. The maximum Gasteiger partial charge on any atom is 0.244 e. The van der Waals surface area contributed by atoms with Crippen LogP contribution in [0.2, 0.25) is 0 Å². The molecule has 2 aromatic carbocycles. The van der Waals surface area contributed by atoms with Gasteiger partial charge in [-0.05, 0) is 42.9 Å². The van der Waals surface area contributed by atoms with Gasteiger partial charge in [-0.25, -0.2) is 0 Å². The second kappa shape index (κ2) is 9.76. The molecule has 0 saturated heterocycles. The van der Waals surface area contributed by atoms with E-state index in [4.69, 9.17) is 0 Å². The summed E-state index contributed by atoms with van der Waals surface area (Å²) >= 11 is 0. The molecule has 26 heavy (non-hydrogen) atoms. The standard InChI is InChI=1S/C22H28N2O2/c1-4-20-14-8-10-17(2)22(20)23-21(26)16-24(18(3)25)15-9-13-19-11-6-5-7-12-19/h5-8,10-12,14H,4,9,13,15-16H2,1-3H3,(H,23,26). The highest BCUT2D eigenvalue weighted by molar-refractivity contribution is 5.95. The predicted molar refractivity (Wildman–Crippen MR) is 106 cm³/mol. The first-order valence-electron chi connectivity index (χ1n) is 9.19. The fourth-order valence-electron chi connectivity index (χ4n) is 3.02. The highest BCUT2D eigenvalue weighted by Crippen LogP contribution is 2.21. The number of amides is 2. The number of para-hydroxylation sites is 1. The minimum absolute atomic E-state index is 0.0753. The molecular weight excluding hydrogens is 324 g/mol. The molecule has 0 aliphatic heterocycles. The number of nitrogens with zero attached hydrogens (tertiary/aromatic N) is 1. The predicted octanol–water partition coefficient (Wildman–Crippen LogP) is 3.98. The summed E-state index contributed by atoms with van der Waals surface area (Å²) in [5, 5.41) is 2.99. The summed E-state index contributed by atoms with van der Waals surface area (Å²) in [6.45, 7) is 6.22. The Morgan fingerprint density at radius 3 is 2.42 bits per heavy atom. The normalized spacial score (nSPS) is 10.4. The highest BCUT2D eigenvalue weighted by atomic mass is 16.2. The minimum Gasteiger partial charge on any atom is -0.334 e. The molecule has 0 aromatic heterocycles. The highest BCUT2D eigenvalue weighted by Gasteiger charge is 2.15. The Bertz CT molecular complexity index is 741. The van der Waals surface area contributed by atoms with E-state index in [9.17, 15) is 9.59 Å². The summed E-state index contributed by atoms with van der Waals surface area (Å²) in [7, 11) is 0. The van der Waals surface area contributed by atoms with Crippen molar-refractivity contribution in [3.05, 3.63) is 65.2 Å². The number of anilines is 1. The second-order valence-corrected chi connectivity index (χ2v) is 6.54. The summed E-state index contributed by atoms with van der Waals surface area (Å²) in [4.78, 5) is 26.0. The molecule has 0 fully saturated rings. The first-order valence-corrected chi connectivity index (χ1v) is 9.19. The molecule has 0 aliphatic carbocycles. The molecule has 4 heteroatoms. The van der Waals surface area contributed by atoms with Crippen molar-refractivity contribution in [2.45, 2.75) is 40.0 Å². The Labute approximate surface area is 156 Å². The zero-order valence-electron chi connectivity index (χ0n) is 15.9. The van der Waals surface area contributed by atoms with E-state index in [1.807, 2.05) is 43.3 Å². The van der Waals surface area contributed by atoms with Gasteiger partial charge < -0.3 is 10.2 Å². The van der Waals surface area contributed by atoms with Gasteiger partial charge in [0, 0.05) is 19.2 Å². The minimum atomic E-state index is -0.149. The Hall–Kier alpha value is -2.62. The van der Waals surface area contributed by atoms with Gasteiger partial charge in [-0.2, -0.15) is 0 Å². The number of hydrogen-bond acceptors (Lipinski definition) is 2. The van der Waals surface area contributed by atoms with E-state index < -0.39 is 0 Å². The van der Waals surface area contributed by atoms with Gasteiger partial charge in [-0.15, -0.1) is 0 Å². The summed E-state index contributed by atoms with van der Waals surface area (Å²) in [6, 6.07) is 16.2. The summed E-state index contributed by atoms with van der Waals surface area (Å²) < 4.78 is 0. The summed E-state index contributed by atoms with van der Waals surface area (Å²) in [5.74, 6) is -0.224. The topological polar surface area (TPSA) is 49.4 Å². The molecule has 0 aliphatic rings. The third kappa shape index (κ3) is 5.73. The van der Waals surface area contributed by atoms with Crippen LogP contribution in [0.3, 0.4) is 0 Å². The van der Waals surface area contributed by atoms with Crippen LogP contribution in [0.4, 0.5) is 5.69 Å². The maximum absolute atomic E-state index is 12.5. The van der Waals surface area contributed by atoms with Gasteiger partial charge in [0.15, 0.2) is 0 Å². The molecule has 0 unspecified atom stereocenters. The van der Waals surface area contributed by atoms with Gasteiger partial charge in [-0.1, -0.05) is 55.5 Å². The van der Waals surface area contributed by atoms with Crippen LogP contribution < -0.4 is 5.32 Å². The van der Waals surface area contributed by atoms with Crippen LogP contribution in [0, 0.1) is 6.92 Å². The molecule has 2 rings (SSSR count). The van der Waals surface area contributed by atoms with Crippen LogP contribution in [0.5, 0.6) is 0 Å². The molecule has 0 saturated carbocycles. The van der Waals surface area contributed by atoms with Crippen LogP contribution in [-0.2, 0) is 22.4 Å². The van der Waals surface area contributed by atoms with E-state index in [-0.39, 0.29) is 18.4 Å². The number of rotatable bonds is 8. The molecule has 0 radical (unpaired) electrons. The van der Waals surface area contributed by atoms with Crippen molar-refractivity contribution < 1.29 is 9.59 Å². The lowest BCUT2D eigenvalue weighted by Gasteiger charge is -2.21. The van der Waals surface area contributed by atoms with Crippen LogP contribution in [0.1, 0.15) is 37.0 Å². The molecule has 2 aromatic rings. The van der Waals surface area contributed by atoms with Gasteiger partial charge in [-0.3, -0.25) is 9.59 Å². The molecule has 0 spiro atoms. The molecule has 138 valence electrons. The number of nitrogens with one attached hydrogen (secondary N) is 1. The molecule has 4 nitrogen and oxygen atoms in total. The number of carbonyl (C=O) groups excluding carboxylic acids is 2. The van der Waals surface area contributed by atoms with E-state index in [1.54, 1.807) is 4.90 Å². The number of hydrogen-bond donors (Lipinski definition) is 1. The van der Waals surface area contributed by atoms with E-state index in [0.717, 1.165) is 36.1 Å². The molecule has 1 N–H and O–H groups in total. The first kappa shape index (κ1) is 19.7. The zero-order valence-corrected chi connectivity index (χ0v) is 15.9. The summed E-state index contributed by atoms with van der Waals surface area (Å²) in [5.41, 5.74) is 4.26. The third-order valence-electron chi connectivity index (χ3n) is 4.52. The van der Waals surface area contributed by atoms with Gasteiger partial charge in [0.1, 0.15) is 0 Å². The number of benzene rings is 2. The van der Waals surface area contributed by atoms with Gasteiger partial charge >= 0.3 is 0 Å². The lowest BCUT2D eigenvalue weighted by molar-refractivity contribution is -0.132. The number of aryl methyl sites for hydroxylation is 3. The lowest BCUT2D eigenvalue weighted by atomic mass is 10.1. The van der Waals surface area contributed by atoms with Gasteiger partial charge in [0.2, 0.25) is 11.8 Å². The van der Waals surface area contributed by atoms with Crippen LogP contribution in [0.15, 0.2) is 48.5 Å². The fraction of sp³-hybridized carbons (Fsp3) is 0.364. The van der Waals surface area contributed by atoms with E-state index in [2.05, 4.69) is 24.4 Å². The fourth-order valence-corrected chi connectivity index (χ4v) is 3.02. The van der Waals surface area contributed by atoms with Crippen LogP contribution >= 0.6 is 0 Å². The van der Waals surface area contributed by atoms with Crippen LogP contribution in [-0.4, -0.2) is 29.8 Å². The van der Waals surface area contributed by atoms with Crippen molar-refractivity contribution in [3.63, 3.8) is 0 Å². The van der Waals surface area contributed by atoms with E-state index in [1.165, 1.54) is 12.5 Å². The smallest absolute Gasteiger partial charge is 0.244 e. The van der Waals surface area contributed by atoms with E-state index in [0.29, 0.717) is 6.54 Å². The average molecular weight is 352 g/mol. The third-order valence-corrected chi connectivity index (χ3v) is 4.52. The Morgan fingerprint density at radius 1 is 1.04 bits per heavy atom. The monoisotopic (exact) mass is 352 g/mol. The largest absolute Gasteiger partial charge is 0.334 e. The van der Waals surface area contributed by atoms with Crippen molar-refractivity contribution in [3.8, 4) is 0 Å². The lowest BCUT2D eigenvalue weighted by Crippen LogP contribution is -2.37. The molecule has 0 bridgehead atoms. The maximum atomic E-state index is 12.5. The zero-order chi connectivity index (χ0) is 18.9. The molecular formula is C22H28N2O2. The Kier molecular flexibility index (Phi) is 7.39. The van der Waals surface area contributed by atoms with Crippen molar-refractivity contribution in [2.75, 3.05) is 18.4 Å². The van der Waals surface area contributed by atoms with E-state index >= 15 is 0 Å². The second-order valence-electron chi connectivity index (χ2n) is 6.54. The average Bonchev–Trinajstić information content (AvgIpc) is 2.63. The van der Waals surface area contributed by atoms with Gasteiger partial charge in [0.05, 0.1) is 6.54 Å².